The Bertz CT molecular complexity index is 2040. The van der Waals surface area contributed by atoms with E-state index in [1.165, 1.54) is 5.56 Å². The number of aryl methyl sites for hydroxylation is 5. The zero-order valence-corrected chi connectivity index (χ0v) is 53.9. The Balaban J connectivity index is -0.000000138. The molecule has 398 valence electrons. The number of carbonyl (C=O) groups is 3. The third kappa shape index (κ3) is 34.9. The normalized spacial score (nSPS) is 12.8. The van der Waals surface area contributed by atoms with Gasteiger partial charge >= 0.3 is 12.2 Å². The average molecular weight is 1210 g/mol. The predicted octanol–water partition coefficient (Wildman–Crippen LogP) is 14.0. The first-order valence-corrected chi connectivity index (χ1v) is 25.7. The number of aliphatic hydroxyl groups excluding tert-OH is 2. The number of halogens is 1. The molecule has 5 aromatic carbocycles. The molecule has 11 nitrogen and oxygen atoms in total. The minimum atomic E-state index is -0.517. The molecule has 14 heteroatoms. The summed E-state index contributed by atoms with van der Waals surface area (Å²) in [4.78, 5) is 41.5. The molecule has 2 amide bonds. The van der Waals surface area contributed by atoms with Crippen LogP contribution in [0.1, 0.15) is 148 Å². The van der Waals surface area contributed by atoms with E-state index in [0.717, 1.165) is 56.4 Å². The van der Waals surface area contributed by atoms with E-state index in [4.69, 9.17) is 25.1 Å². The minimum Gasteiger partial charge on any atom is -0.545 e. The fourth-order valence-electron chi connectivity index (χ4n) is 5.79. The Kier molecular flexibility index (Phi) is 65.2. The summed E-state index contributed by atoms with van der Waals surface area (Å²) in [6.45, 7) is 34.8. The zero-order valence-electron chi connectivity index (χ0n) is 46.7. The molecule has 3 atom stereocenters. The van der Waals surface area contributed by atoms with Gasteiger partial charge in [-0.2, -0.15) is 0 Å². The van der Waals surface area contributed by atoms with Crippen molar-refractivity contribution < 1.29 is 104 Å². The summed E-state index contributed by atoms with van der Waals surface area (Å²) in [7, 11) is 1.75. The summed E-state index contributed by atoms with van der Waals surface area (Å²) in [6.07, 6.45) is -0.430. The summed E-state index contributed by atoms with van der Waals surface area (Å²) in [5, 5.41) is 20.7. The Hall–Kier alpha value is -3.45. The molecule has 2 fully saturated rings. The second-order valence-corrected chi connectivity index (χ2v) is 13.4. The topological polar surface area (TPSA) is 168 Å². The molecule has 7 rings (SSSR count). The fourth-order valence-corrected chi connectivity index (χ4v) is 5.79. The molecule has 0 spiro atoms. The van der Waals surface area contributed by atoms with E-state index in [2.05, 4.69) is 28.0 Å². The number of cyclic esters (lactones) is 2. The first kappa shape index (κ1) is 82.6. The average Bonchev–Trinajstić information content (AvgIpc) is 4.02. The number of nitrogens with one attached hydrogen (secondary N) is 1. The van der Waals surface area contributed by atoms with Gasteiger partial charge in [-0.15, -0.1) is 0 Å². The third-order valence-electron chi connectivity index (χ3n) is 9.26. The van der Waals surface area contributed by atoms with Crippen LogP contribution in [-0.2, 0) is 86.3 Å². The van der Waals surface area contributed by atoms with Crippen LogP contribution in [-0.4, -0.2) is 72.9 Å². The van der Waals surface area contributed by atoms with Gasteiger partial charge in [-0.05, 0) is 90.5 Å². The number of nitrogens with zero attached hydrogens (tertiary/aromatic N) is 1. The molecule has 0 bridgehead atoms. The first-order valence-electron chi connectivity index (χ1n) is 24.1. The van der Waals surface area contributed by atoms with Crippen molar-refractivity contribution in [3.63, 3.8) is 0 Å². The van der Waals surface area contributed by atoms with Crippen LogP contribution in [0, 0.1) is 34.6 Å². The maximum Gasteiger partial charge on any atom is 0.410 e. The van der Waals surface area contributed by atoms with Crippen LogP contribution in [0.25, 0.3) is 0 Å². The van der Waals surface area contributed by atoms with E-state index in [9.17, 15) is 19.5 Å². The minimum absolute atomic E-state index is 0. The summed E-state index contributed by atoms with van der Waals surface area (Å²) < 4.78 is 10.3. The number of nitrogens with two attached hydrogens (primary N) is 1. The molecule has 2 aliphatic rings. The number of hydrogen-bond donors (Lipinski definition) is 4. The quantitative estimate of drug-likeness (QED) is 0.0735. The maximum absolute atomic E-state index is 11.2. The smallest absolute Gasteiger partial charge is 0.410 e. The molecule has 0 aliphatic carbocycles. The summed E-state index contributed by atoms with van der Waals surface area (Å²) >= 11 is 2.94. The molecule has 5 N–H and O–H groups in total. The number of aliphatic hydroxyl groups is 2. The second-order valence-electron chi connectivity index (χ2n) is 13.4. The maximum atomic E-state index is 11.2. The number of carbonyl (C=O) groups excluding carboxylic acids is 4. The Morgan fingerprint density at radius 3 is 1.35 bits per heavy atom. The van der Waals surface area contributed by atoms with Crippen molar-refractivity contribution in [3.05, 3.63) is 177 Å². The number of hydrogen-bond acceptors (Lipinski definition) is 9. The molecule has 72 heavy (non-hydrogen) atoms. The predicted molar refractivity (Wildman–Crippen MR) is 299 cm³/mol. The van der Waals surface area contributed by atoms with Gasteiger partial charge in [0.05, 0.1) is 25.8 Å². The number of alkyl carbamates (subject to hydrolysis) is 1. The van der Waals surface area contributed by atoms with Gasteiger partial charge in [0.15, 0.2) is 0 Å². The van der Waals surface area contributed by atoms with Gasteiger partial charge in [0.2, 0.25) is 0 Å². The molecular formula is C58H89BrN3O8Y2-. The molecule has 2 saturated heterocycles. The van der Waals surface area contributed by atoms with Gasteiger partial charge in [-0.25, -0.2) is 9.59 Å². The van der Waals surface area contributed by atoms with Crippen LogP contribution in [0.4, 0.5) is 9.59 Å². The zero-order chi connectivity index (χ0) is 55.0. The number of aldehydes is 1. The molecule has 2 radical (unpaired) electrons. The van der Waals surface area contributed by atoms with E-state index in [-0.39, 0.29) is 103 Å². The Labute approximate surface area is 495 Å². The van der Waals surface area contributed by atoms with E-state index in [1.807, 2.05) is 231 Å². The van der Waals surface area contributed by atoms with E-state index in [0.29, 0.717) is 13.1 Å². The van der Waals surface area contributed by atoms with Gasteiger partial charge < -0.3 is 40.4 Å². The standard InChI is InChI=1S/C11H13NO2.C10H11NO2.C9H13NO.C8H10O.C8H8O.5C2H6.CH3Br.CHO.2Y/c1-8-5-3-4-6-9(8)10-7-12(2)11(13)14-10;1-7-4-2-3-5-8(7)9-6-11-10(12)13-9;1-7-4-2-3-5-8(7)9(11)6-10;2*1-7-4-2-3-5-8(7)6-9;7*1-2;;/h3-6,10H,7H2,1-2H3;2-5,9H,6H2,1H3,(H,11,12);2-5,9,11H,6,10H2,1H3;2-5,9H,6H2,1H3;2-6H,1H3;5*1-2H3;1H3;1H;;/q;;;;;;;;;;;-1;;. The van der Waals surface area contributed by atoms with Gasteiger partial charge in [-0.1, -0.05) is 206 Å². The monoisotopic (exact) mass is 1210 g/mol. The van der Waals surface area contributed by atoms with Crippen molar-refractivity contribution in [1.82, 2.24) is 10.2 Å². The van der Waals surface area contributed by atoms with Crippen molar-refractivity contribution in [2.45, 2.75) is 129 Å². The van der Waals surface area contributed by atoms with Crippen LogP contribution in [0.5, 0.6) is 0 Å². The second kappa shape index (κ2) is 56.8. The number of benzene rings is 5. The summed E-state index contributed by atoms with van der Waals surface area (Å²) in [6, 6.07) is 38.9. The molecule has 0 aromatic heterocycles. The molecule has 0 saturated carbocycles. The summed E-state index contributed by atoms with van der Waals surface area (Å²) in [5.41, 5.74) is 15.8. The van der Waals surface area contributed by atoms with Crippen LogP contribution in [0.3, 0.4) is 0 Å². The number of rotatable bonds is 6. The summed E-state index contributed by atoms with van der Waals surface area (Å²) in [5.74, 6) is 1.81. The van der Waals surface area contributed by atoms with Crippen molar-refractivity contribution in [2.75, 3.05) is 32.5 Å². The number of likely N-dealkylation sites (N-methyl/N-ethyl adjacent to an activating group) is 1. The molecule has 5 aromatic rings. The van der Waals surface area contributed by atoms with Crippen LogP contribution >= 0.6 is 15.9 Å². The van der Waals surface area contributed by atoms with E-state index >= 15 is 0 Å². The van der Waals surface area contributed by atoms with Crippen LogP contribution in [0.2, 0.25) is 0 Å². The first-order chi connectivity index (χ1) is 33.9. The number of ether oxygens (including phenoxy) is 2. The van der Waals surface area contributed by atoms with Gasteiger partial charge in [0.1, 0.15) is 18.5 Å². The molecular weight excluding hydrogens is 1120 g/mol. The largest absolute Gasteiger partial charge is 0.545 e. The SMILES string of the molecule is CBr.CC.CC.CC.CC.CC.Cc1ccccc1C(O)CN.Cc1ccccc1C1CN(C)C(=O)O1.Cc1ccccc1C1CNC(=O)O1.Cc1ccccc1C=O.Cc1ccccc1CO.[CH-]=O.[Y].[Y]. The van der Waals surface area contributed by atoms with Gasteiger partial charge in [0, 0.05) is 84.6 Å². The van der Waals surface area contributed by atoms with Crippen molar-refractivity contribution in [1.29, 1.82) is 0 Å². The van der Waals surface area contributed by atoms with Crippen molar-refractivity contribution >= 4 is 41.2 Å². The van der Waals surface area contributed by atoms with Crippen molar-refractivity contribution in [2.24, 2.45) is 5.73 Å². The van der Waals surface area contributed by atoms with E-state index in [1.54, 1.807) is 11.9 Å². The van der Waals surface area contributed by atoms with E-state index < -0.39 is 6.10 Å². The van der Waals surface area contributed by atoms with Gasteiger partial charge in [-0.3, -0.25) is 11.6 Å². The Morgan fingerprint density at radius 2 is 1.03 bits per heavy atom. The van der Waals surface area contributed by atoms with Crippen LogP contribution in [0.15, 0.2) is 121 Å². The molecule has 2 heterocycles. The fraction of sp³-hybridized carbons (Fsp3) is 0.414. The van der Waals surface area contributed by atoms with Gasteiger partial charge in [0.25, 0.3) is 0 Å². The number of alkyl halides is 1. The van der Waals surface area contributed by atoms with Crippen LogP contribution < -0.4 is 11.1 Å². The molecule has 2 aliphatic heterocycles. The third-order valence-corrected chi connectivity index (χ3v) is 9.26. The van der Waals surface area contributed by atoms with Crippen molar-refractivity contribution in [3.8, 4) is 0 Å². The molecule has 3 unspecified atom stereocenters. The Morgan fingerprint density at radius 1 is 0.639 bits per heavy atom. The number of amides is 2.